The molecule has 6 nitrogen and oxygen atoms in total. The minimum absolute atomic E-state index is 0.0164. The molecule has 0 N–H and O–H groups in total. The SMILES string of the molecule is COc1cccc(F)c1-c1cc(F)ccc1-c1nc(-c2ccc(-c3nc(C(F)(F)F)cn3C)cc2C)no1. The van der Waals surface area contributed by atoms with Crippen molar-refractivity contribution in [3.8, 4) is 51.1 Å². The molecule has 0 saturated heterocycles. The Morgan fingerprint density at radius 2 is 1.68 bits per heavy atom. The van der Waals surface area contributed by atoms with Gasteiger partial charge in [-0.15, -0.1) is 0 Å². The van der Waals surface area contributed by atoms with Gasteiger partial charge in [0.2, 0.25) is 5.82 Å². The van der Waals surface area contributed by atoms with Crippen molar-refractivity contribution in [2.75, 3.05) is 7.11 Å². The second-order valence-electron chi connectivity index (χ2n) is 8.52. The second-order valence-corrected chi connectivity index (χ2v) is 8.52. The van der Waals surface area contributed by atoms with E-state index in [4.69, 9.17) is 9.26 Å². The van der Waals surface area contributed by atoms with Crippen LogP contribution in [0.15, 0.2) is 65.3 Å². The number of alkyl halides is 3. The van der Waals surface area contributed by atoms with Gasteiger partial charge >= 0.3 is 6.18 Å². The fourth-order valence-corrected chi connectivity index (χ4v) is 4.21. The van der Waals surface area contributed by atoms with Crippen LogP contribution in [0, 0.1) is 18.6 Å². The molecule has 0 aliphatic carbocycles. The third-order valence-corrected chi connectivity index (χ3v) is 6.00. The third kappa shape index (κ3) is 4.51. The minimum Gasteiger partial charge on any atom is -0.496 e. The average Bonchev–Trinajstić information content (AvgIpc) is 3.51. The Hall–Kier alpha value is -4.54. The zero-order valence-electron chi connectivity index (χ0n) is 20.3. The van der Waals surface area contributed by atoms with E-state index in [2.05, 4.69) is 15.1 Å². The molecule has 0 aliphatic rings. The number of imidazole rings is 1. The normalized spacial score (nSPS) is 11.7. The molecule has 0 aliphatic heterocycles. The Morgan fingerprint density at radius 1 is 0.921 bits per heavy atom. The van der Waals surface area contributed by atoms with Gasteiger partial charge in [-0.1, -0.05) is 23.4 Å². The molecule has 194 valence electrons. The topological polar surface area (TPSA) is 66.0 Å². The first-order valence-electron chi connectivity index (χ1n) is 11.2. The Labute approximate surface area is 213 Å². The van der Waals surface area contributed by atoms with Crippen LogP contribution in [0.1, 0.15) is 11.3 Å². The molecule has 3 aromatic carbocycles. The van der Waals surface area contributed by atoms with Crippen LogP contribution in [-0.4, -0.2) is 26.8 Å². The number of nitrogens with zero attached hydrogens (tertiary/aromatic N) is 4. The van der Waals surface area contributed by atoms with Crippen molar-refractivity contribution in [1.82, 2.24) is 19.7 Å². The molecule has 0 spiro atoms. The van der Waals surface area contributed by atoms with Gasteiger partial charge in [0, 0.05) is 35.5 Å². The van der Waals surface area contributed by atoms with E-state index in [1.807, 2.05) is 0 Å². The minimum atomic E-state index is -4.56. The van der Waals surface area contributed by atoms with Crippen molar-refractivity contribution in [3.63, 3.8) is 0 Å². The van der Waals surface area contributed by atoms with Gasteiger partial charge in [0.15, 0.2) is 5.69 Å². The predicted molar refractivity (Wildman–Crippen MR) is 129 cm³/mol. The van der Waals surface area contributed by atoms with Crippen molar-refractivity contribution in [2.24, 2.45) is 7.05 Å². The van der Waals surface area contributed by atoms with E-state index in [0.29, 0.717) is 16.7 Å². The smallest absolute Gasteiger partial charge is 0.434 e. The maximum Gasteiger partial charge on any atom is 0.434 e. The number of aryl methyl sites for hydroxylation is 2. The van der Waals surface area contributed by atoms with Crippen LogP contribution >= 0.6 is 0 Å². The highest BCUT2D eigenvalue weighted by atomic mass is 19.4. The molecule has 0 atom stereocenters. The second kappa shape index (κ2) is 9.40. The van der Waals surface area contributed by atoms with Crippen molar-refractivity contribution >= 4 is 0 Å². The number of rotatable bonds is 5. The molecule has 0 amide bonds. The van der Waals surface area contributed by atoms with Gasteiger partial charge in [-0.3, -0.25) is 0 Å². The molecule has 0 saturated carbocycles. The standard InChI is InChI=1S/C27H19F5N4O2/c1-14-11-15(25-33-22(13-36(25)2)27(30,31)32)7-9-17(14)24-34-26(38-35-24)18-10-8-16(28)12-19(18)23-20(29)5-4-6-21(23)37-3/h4-13H,1-3H3. The van der Waals surface area contributed by atoms with E-state index in [0.717, 1.165) is 12.3 Å². The molecule has 5 rings (SSSR count). The van der Waals surface area contributed by atoms with Gasteiger partial charge in [0.1, 0.15) is 23.2 Å². The van der Waals surface area contributed by atoms with Crippen LogP contribution in [0.4, 0.5) is 22.0 Å². The van der Waals surface area contributed by atoms with E-state index in [-0.39, 0.29) is 40.0 Å². The van der Waals surface area contributed by atoms with E-state index < -0.39 is 23.5 Å². The van der Waals surface area contributed by atoms with Crippen molar-refractivity contribution < 1.29 is 31.2 Å². The van der Waals surface area contributed by atoms with Crippen LogP contribution in [0.5, 0.6) is 5.75 Å². The van der Waals surface area contributed by atoms with Crippen LogP contribution < -0.4 is 4.74 Å². The molecule has 38 heavy (non-hydrogen) atoms. The van der Waals surface area contributed by atoms with Gasteiger partial charge < -0.3 is 13.8 Å². The molecule has 5 aromatic rings. The van der Waals surface area contributed by atoms with Crippen LogP contribution in [-0.2, 0) is 13.2 Å². The van der Waals surface area contributed by atoms with Gasteiger partial charge in [0.05, 0.1) is 12.7 Å². The average molecular weight is 526 g/mol. The number of methoxy groups -OCH3 is 1. The fourth-order valence-electron chi connectivity index (χ4n) is 4.21. The van der Waals surface area contributed by atoms with Gasteiger partial charge in [-0.25, -0.2) is 13.8 Å². The maximum absolute atomic E-state index is 14.8. The molecule has 0 bridgehead atoms. The Morgan fingerprint density at radius 3 is 2.37 bits per heavy atom. The quantitative estimate of drug-likeness (QED) is 0.229. The third-order valence-electron chi connectivity index (χ3n) is 6.00. The largest absolute Gasteiger partial charge is 0.496 e. The number of benzene rings is 3. The van der Waals surface area contributed by atoms with Gasteiger partial charge in [-0.2, -0.15) is 18.2 Å². The Balaban J connectivity index is 1.54. The van der Waals surface area contributed by atoms with E-state index >= 15 is 0 Å². The number of halogens is 5. The zero-order chi connectivity index (χ0) is 27.2. The van der Waals surface area contributed by atoms with Crippen molar-refractivity contribution in [3.05, 3.63) is 83.7 Å². The van der Waals surface area contributed by atoms with Crippen LogP contribution in [0.25, 0.3) is 45.4 Å². The lowest BCUT2D eigenvalue weighted by Gasteiger charge is -2.12. The molecule has 11 heteroatoms. The van der Waals surface area contributed by atoms with Gasteiger partial charge in [-0.05, 0) is 48.9 Å². The highest BCUT2D eigenvalue weighted by molar-refractivity contribution is 5.84. The first kappa shape index (κ1) is 25.1. The summed E-state index contributed by atoms with van der Waals surface area (Å²) in [6, 6.07) is 12.9. The summed E-state index contributed by atoms with van der Waals surface area (Å²) < 4.78 is 80.3. The Kier molecular flexibility index (Phi) is 6.22. The van der Waals surface area contributed by atoms with E-state index in [9.17, 15) is 22.0 Å². The number of hydrogen-bond acceptors (Lipinski definition) is 5. The summed E-state index contributed by atoms with van der Waals surface area (Å²) in [6.07, 6.45) is -3.63. The molecular formula is C27H19F5N4O2. The molecule has 2 heterocycles. The lowest BCUT2D eigenvalue weighted by Crippen LogP contribution is -2.04. The fraction of sp³-hybridized carbons (Fsp3) is 0.148. The van der Waals surface area contributed by atoms with Crippen molar-refractivity contribution in [2.45, 2.75) is 13.1 Å². The molecule has 0 unspecified atom stereocenters. The zero-order valence-corrected chi connectivity index (χ0v) is 20.3. The summed E-state index contributed by atoms with van der Waals surface area (Å²) in [7, 11) is 2.86. The lowest BCUT2D eigenvalue weighted by atomic mass is 9.98. The predicted octanol–water partition coefficient (Wildman–Crippen LogP) is 7.09. The molecule has 2 aromatic heterocycles. The number of hydrogen-bond donors (Lipinski definition) is 0. The molecule has 0 fully saturated rings. The lowest BCUT2D eigenvalue weighted by molar-refractivity contribution is -0.140. The summed E-state index contributed by atoms with van der Waals surface area (Å²) in [5.74, 6) is -0.659. The van der Waals surface area contributed by atoms with Crippen LogP contribution in [0.3, 0.4) is 0 Å². The first-order valence-corrected chi connectivity index (χ1v) is 11.2. The molecular weight excluding hydrogens is 507 g/mol. The number of ether oxygens (including phenoxy) is 1. The Bertz CT molecular complexity index is 1660. The number of aromatic nitrogens is 4. The summed E-state index contributed by atoms with van der Waals surface area (Å²) in [5, 5.41) is 4.03. The van der Waals surface area contributed by atoms with Crippen LogP contribution in [0.2, 0.25) is 0 Å². The summed E-state index contributed by atoms with van der Waals surface area (Å²) >= 11 is 0. The highest BCUT2D eigenvalue weighted by Crippen LogP contribution is 2.40. The van der Waals surface area contributed by atoms with E-state index in [1.54, 1.807) is 31.2 Å². The summed E-state index contributed by atoms with van der Waals surface area (Å²) in [6.45, 7) is 1.75. The summed E-state index contributed by atoms with van der Waals surface area (Å²) in [4.78, 5) is 8.16. The van der Waals surface area contributed by atoms with Crippen molar-refractivity contribution in [1.29, 1.82) is 0 Å². The monoisotopic (exact) mass is 526 g/mol. The highest BCUT2D eigenvalue weighted by Gasteiger charge is 2.34. The summed E-state index contributed by atoms with van der Waals surface area (Å²) in [5.41, 5.74) is 1.19. The maximum atomic E-state index is 14.8. The first-order chi connectivity index (χ1) is 18.1. The van der Waals surface area contributed by atoms with Gasteiger partial charge in [0.25, 0.3) is 5.89 Å². The molecule has 0 radical (unpaired) electrons. The van der Waals surface area contributed by atoms with E-state index in [1.165, 1.54) is 43.0 Å².